The summed E-state index contributed by atoms with van der Waals surface area (Å²) in [4.78, 5) is 15.4. The Labute approximate surface area is 109 Å². The van der Waals surface area contributed by atoms with Crippen molar-refractivity contribution in [2.45, 2.75) is 13.2 Å². The zero-order valence-corrected chi connectivity index (χ0v) is 9.98. The Morgan fingerprint density at radius 3 is 3.05 bits per heavy atom. The summed E-state index contributed by atoms with van der Waals surface area (Å²) in [5.74, 6) is -0.123. The molecule has 0 atom stereocenters. The van der Waals surface area contributed by atoms with Gasteiger partial charge in [-0.2, -0.15) is 10.4 Å². The number of hydrogen-bond acceptors (Lipinski definition) is 6. The number of nitriles is 1. The number of rotatable bonds is 4. The number of nitrogen functional groups attached to an aromatic ring is 1. The SMILES string of the molecule is N#Cc1ncccc1COC(=O)Cn1ccc(N)n1. The number of carbonyl (C=O) groups excluding carboxylic acids is 1. The lowest BCUT2D eigenvalue weighted by molar-refractivity contribution is -0.145. The maximum absolute atomic E-state index is 11.6. The molecule has 0 saturated carbocycles. The summed E-state index contributed by atoms with van der Waals surface area (Å²) in [6.45, 7) is -0.0222. The number of esters is 1. The molecule has 0 radical (unpaired) electrons. The first-order valence-corrected chi connectivity index (χ1v) is 5.47. The van der Waals surface area contributed by atoms with Crippen LogP contribution in [0.1, 0.15) is 11.3 Å². The van der Waals surface area contributed by atoms with Crippen LogP contribution in [0.25, 0.3) is 0 Å². The molecule has 2 aromatic heterocycles. The fraction of sp³-hybridized carbons (Fsp3) is 0.167. The maximum Gasteiger partial charge on any atom is 0.328 e. The Bertz CT molecular complexity index is 629. The van der Waals surface area contributed by atoms with Crippen molar-refractivity contribution in [1.82, 2.24) is 14.8 Å². The Balaban J connectivity index is 1.92. The first-order valence-electron chi connectivity index (χ1n) is 5.47. The second-order valence-corrected chi connectivity index (χ2v) is 3.72. The molecule has 0 bridgehead atoms. The van der Waals surface area contributed by atoms with Crippen molar-refractivity contribution < 1.29 is 9.53 Å². The van der Waals surface area contributed by atoms with E-state index >= 15 is 0 Å². The number of hydrogen-bond donors (Lipinski definition) is 1. The molecule has 0 aliphatic rings. The summed E-state index contributed by atoms with van der Waals surface area (Å²) in [6.07, 6.45) is 3.10. The number of aromatic nitrogens is 3. The van der Waals surface area contributed by atoms with E-state index in [1.165, 1.54) is 10.9 Å². The van der Waals surface area contributed by atoms with E-state index < -0.39 is 5.97 Å². The van der Waals surface area contributed by atoms with E-state index in [9.17, 15) is 4.79 Å². The van der Waals surface area contributed by atoms with Crippen LogP contribution < -0.4 is 5.73 Å². The third kappa shape index (κ3) is 3.29. The van der Waals surface area contributed by atoms with Gasteiger partial charge in [-0.15, -0.1) is 0 Å². The highest BCUT2D eigenvalue weighted by Crippen LogP contribution is 2.06. The van der Waals surface area contributed by atoms with Gasteiger partial charge in [0, 0.05) is 18.0 Å². The summed E-state index contributed by atoms with van der Waals surface area (Å²) in [5, 5.41) is 12.7. The smallest absolute Gasteiger partial charge is 0.328 e. The Hall–Kier alpha value is -2.88. The van der Waals surface area contributed by atoms with Gasteiger partial charge in [0.05, 0.1) is 0 Å². The molecule has 0 unspecified atom stereocenters. The van der Waals surface area contributed by atoms with Crippen LogP contribution in [0.15, 0.2) is 30.6 Å². The third-order valence-corrected chi connectivity index (χ3v) is 2.34. The first-order chi connectivity index (χ1) is 9.19. The largest absolute Gasteiger partial charge is 0.459 e. The fourth-order valence-corrected chi connectivity index (χ4v) is 1.46. The first kappa shape index (κ1) is 12.6. The molecule has 19 heavy (non-hydrogen) atoms. The zero-order chi connectivity index (χ0) is 13.7. The van der Waals surface area contributed by atoms with Crippen LogP contribution in [0.2, 0.25) is 0 Å². The van der Waals surface area contributed by atoms with Crippen molar-refractivity contribution in [3.05, 3.63) is 41.9 Å². The van der Waals surface area contributed by atoms with Gasteiger partial charge in [0.15, 0.2) is 0 Å². The maximum atomic E-state index is 11.6. The zero-order valence-electron chi connectivity index (χ0n) is 9.98. The number of pyridine rings is 1. The lowest BCUT2D eigenvalue weighted by Gasteiger charge is -2.05. The van der Waals surface area contributed by atoms with Gasteiger partial charge < -0.3 is 10.5 Å². The van der Waals surface area contributed by atoms with Crippen molar-refractivity contribution in [2.24, 2.45) is 0 Å². The van der Waals surface area contributed by atoms with Crippen molar-refractivity contribution in [1.29, 1.82) is 5.26 Å². The molecule has 0 aliphatic heterocycles. The van der Waals surface area contributed by atoms with Gasteiger partial charge in [0.2, 0.25) is 0 Å². The predicted molar refractivity (Wildman–Crippen MR) is 65.4 cm³/mol. The van der Waals surface area contributed by atoms with E-state index in [1.54, 1.807) is 24.4 Å². The molecule has 0 amide bonds. The van der Waals surface area contributed by atoms with Gasteiger partial charge in [0.25, 0.3) is 0 Å². The Kier molecular flexibility index (Phi) is 3.73. The summed E-state index contributed by atoms with van der Waals surface area (Å²) >= 11 is 0. The van der Waals surface area contributed by atoms with Crippen LogP contribution in [0, 0.1) is 11.3 Å². The van der Waals surface area contributed by atoms with Gasteiger partial charge in [-0.25, -0.2) is 4.98 Å². The molecule has 0 aromatic carbocycles. The highest BCUT2D eigenvalue weighted by atomic mass is 16.5. The summed E-state index contributed by atoms with van der Waals surface area (Å²) in [7, 11) is 0. The highest BCUT2D eigenvalue weighted by Gasteiger charge is 2.08. The van der Waals surface area contributed by atoms with E-state index in [0.717, 1.165) is 0 Å². The lowest BCUT2D eigenvalue weighted by atomic mass is 10.2. The van der Waals surface area contributed by atoms with Crippen LogP contribution in [0.3, 0.4) is 0 Å². The highest BCUT2D eigenvalue weighted by molar-refractivity contribution is 5.69. The molecule has 0 fully saturated rings. The van der Waals surface area contributed by atoms with Gasteiger partial charge >= 0.3 is 5.97 Å². The molecule has 0 spiro atoms. The average Bonchev–Trinajstić information content (AvgIpc) is 2.82. The minimum Gasteiger partial charge on any atom is -0.459 e. The second kappa shape index (κ2) is 5.64. The molecular formula is C12H11N5O2. The molecule has 2 heterocycles. The van der Waals surface area contributed by atoms with Gasteiger partial charge in [0.1, 0.15) is 30.7 Å². The Morgan fingerprint density at radius 1 is 1.53 bits per heavy atom. The molecule has 7 nitrogen and oxygen atoms in total. The average molecular weight is 257 g/mol. The van der Waals surface area contributed by atoms with Crippen LogP contribution in [-0.2, 0) is 22.7 Å². The molecule has 2 aromatic rings. The number of ether oxygens (including phenoxy) is 1. The third-order valence-electron chi connectivity index (χ3n) is 2.34. The number of anilines is 1. The van der Waals surface area contributed by atoms with E-state index in [4.69, 9.17) is 15.7 Å². The predicted octanol–water partition coefficient (Wildman–Crippen LogP) is 0.475. The number of carbonyl (C=O) groups is 1. The number of nitrogens with two attached hydrogens (primary N) is 1. The summed E-state index contributed by atoms with van der Waals surface area (Å²) < 4.78 is 6.43. The number of nitrogens with zero attached hydrogens (tertiary/aromatic N) is 4. The van der Waals surface area contributed by atoms with Crippen molar-refractivity contribution in [2.75, 3.05) is 5.73 Å². The van der Waals surface area contributed by atoms with E-state index in [0.29, 0.717) is 11.4 Å². The Morgan fingerprint density at radius 2 is 2.37 bits per heavy atom. The van der Waals surface area contributed by atoms with Crippen molar-refractivity contribution in [3.63, 3.8) is 0 Å². The molecule has 0 aliphatic carbocycles. The van der Waals surface area contributed by atoms with Crippen molar-refractivity contribution >= 4 is 11.8 Å². The van der Waals surface area contributed by atoms with Gasteiger partial charge in [-0.3, -0.25) is 9.48 Å². The molecule has 7 heteroatoms. The van der Waals surface area contributed by atoms with Crippen molar-refractivity contribution in [3.8, 4) is 6.07 Å². The van der Waals surface area contributed by atoms with E-state index in [1.807, 2.05) is 6.07 Å². The molecule has 2 rings (SSSR count). The molecule has 96 valence electrons. The second-order valence-electron chi connectivity index (χ2n) is 3.72. The van der Waals surface area contributed by atoms with E-state index in [2.05, 4.69) is 10.1 Å². The lowest BCUT2D eigenvalue weighted by Crippen LogP contribution is -2.14. The topological polar surface area (TPSA) is 107 Å². The molecule has 0 saturated heterocycles. The van der Waals surface area contributed by atoms with Gasteiger partial charge in [-0.1, -0.05) is 6.07 Å². The molecular weight excluding hydrogens is 246 g/mol. The quantitative estimate of drug-likeness (QED) is 0.798. The summed E-state index contributed by atoms with van der Waals surface area (Å²) in [5.41, 5.74) is 6.25. The fourth-order valence-electron chi connectivity index (χ4n) is 1.46. The summed E-state index contributed by atoms with van der Waals surface area (Å²) in [6, 6.07) is 6.89. The van der Waals surface area contributed by atoms with Crippen LogP contribution in [-0.4, -0.2) is 20.7 Å². The van der Waals surface area contributed by atoms with Crippen LogP contribution in [0.4, 0.5) is 5.82 Å². The standard InChI is InChI=1S/C12H11N5O2/c13-6-10-9(2-1-4-15-10)8-19-12(18)7-17-5-3-11(14)16-17/h1-5H,7-8H2,(H2,14,16). The van der Waals surface area contributed by atoms with E-state index in [-0.39, 0.29) is 18.8 Å². The normalized spacial score (nSPS) is 9.84. The monoisotopic (exact) mass is 257 g/mol. The van der Waals surface area contributed by atoms with Crippen LogP contribution in [0.5, 0.6) is 0 Å². The minimum atomic E-state index is -0.462. The van der Waals surface area contributed by atoms with Gasteiger partial charge in [-0.05, 0) is 12.1 Å². The van der Waals surface area contributed by atoms with Crippen LogP contribution >= 0.6 is 0 Å². The minimum absolute atomic E-state index is 0.00627. The molecule has 2 N–H and O–H groups in total.